The van der Waals surface area contributed by atoms with E-state index in [2.05, 4.69) is 74.3 Å². The fourth-order valence-electron chi connectivity index (χ4n) is 2.22. The normalized spacial score (nSPS) is 12.5. The molecule has 4 heteroatoms. The second-order valence-electron chi connectivity index (χ2n) is 6.84. The van der Waals surface area contributed by atoms with Gasteiger partial charge in [-0.1, -0.05) is 51.1 Å². The predicted octanol–water partition coefficient (Wildman–Crippen LogP) is 4.29. The Labute approximate surface area is 140 Å². The molecule has 0 aliphatic carbocycles. The number of aromatic nitrogens is 2. The van der Waals surface area contributed by atoms with E-state index in [0.717, 1.165) is 15.1 Å². The minimum absolute atomic E-state index is 0.0604. The third kappa shape index (κ3) is 3.20. The van der Waals surface area contributed by atoms with Crippen LogP contribution in [-0.4, -0.2) is 9.97 Å². The van der Waals surface area contributed by atoms with E-state index in [-0.39, 0.29) is 10.8 Å². The van der Waals surface area contributed by atoms with Crippen LogP contribution in [0.15, 0.2) is 30.3 Å². The topological polar surface area (TPSA) is 51.8 Å². The Morgan fingerprint density at radius 2 is 1.52 bits per heavy atom. The number of hydrogen-bond donors (Lipinski definition) is 1. The molecule has 3 nitrogen and oxygen atoms in total. The monoisotopic (exact) mass is 395 g/mol. The Balaban J connectivity index is 2.62. The van der Waals surface area contributed by atoms with Crippen molar-refractivity contribution in [3.63, 3.8) is 0 Å². The summed E-state index contributed by atoms with van der Waals surface area (Å²) in [5.74, 6) is 1.34. The highest BCUT2D eigenvalue weighted by molar-refractivity contribution is 14.1. The maximum Gasteiger partial charge on any atom is 0.141 e. The van der Waals surface area contributed by atoms with Crippen LogP contribution in [0.25, 0.3) is 0 Å². The van der Waals surface area contributed by atoms with E-state index in [1.165, 1.54) is 5.56 Å². The van der Waals surface area contributed by atoms with E-state index < -0.39 is 0 Å². The lowest BCUT2D eigenvalue weighted by Gasteiger charge is -2.27. The number of nitrogens with zero attached hydrogens (tertiary/aromatic N) is 2. The Kier molecular flexibility index (Phi) is 4.29. The molecule has 1 aromatic carbocycles. The maximum absolute atomic E-state index is 6.13. The summed E-state index contributed by atoms with van der Waals surface area (Å²) in [7, 11) is 0. The largest absolute Gasteiger partial charge is 0.383 e. The highest BCUT2D eigenvalue weighted by Gasteiger charge is 2.30. The van der Waals surface area contributed by atoms with Crippen LogP contribution in [0.2, 0.25) is 0 Å². The molecular weight excluding hydrogens is 373 g/mol. The Hall–Kier alpha value is -1.17. The van der Waals surface area contributed by atoms with Crippen LogP contribution < -0.4 is 5.73 Å². The van der Waals surface area contributed by atoms with Crippen LogP contribution in [-0.2, 0) is 10.8 Å². The molecule has 0 radical (unpaired) electrons. The van der Waals surface area contributed by atoms with Gasteiger partial charge in [-0.2, -0.15) is 0 Å². The van der Waals surface area contributed by atoms with E-state index in [0.29, 0.717) is 5.82 Å². The van der Waals surface area contributed by atoms with Crippen molar-refractivity contribution < 1.29 is 0 Å². The third-order valence-corrected chi connectivity index (χ3v) is 4.71. The summed E-state index contributed by atoms with van der Waals surface area (Å²) < 4.78 is 0.952. The van der Waals surface area contributed by atoms with Gasteiger partial charge in [-0.15, -0.1) is 0 Å². The van der Waals surface area contributed by atoms with Crippen molar-refractivity contribution >= 4 is 28.4 Å². The predicted molar refractivity (Wildman–Crippen MR) is 96.4 cm³/mol. The van der Waals surface area contributed by atoms with Crippen molar-refractivity contribution in [2.75, 3.05) is 5.73 Å². The van der Waals surface area contributed by atoms with E-state index in [4.69, 9.17) is 10.7 Å². The maximum atomic E-state index is 6.13. The molecule has 0 aliphatic rings. The Bertz CT molecular complexity index is 643. The molecule has 112 valence electrons. The quantitative estimate of drug-likeness (QED) is 0.772. The van der Waals surface area contributed by atoms with Crippen molar-refractivity contribution in [2.24, 2.45) is 0 Å². The summed E-state index contributed by atoms with van der Waals surface area (Å²) in [4.78, 5) is 9.41. The number of rotatable bonds is 2. The van der Waals surface area contributed by atoms with Gasteiger partial charge < -0.3 is 5.73 Å². The minimum Gasteiger partial charge on any atom is -0.383 e. The van der Waals surface area contributed by atoms with Crippen LogP contribution in [0.4, 0.5) is 5.82 Å². The molecule has 2 N–H and O–H groups in total. The number of hydrogen-bond acceptors (Lipinski definition) is 3. The highest BCUT2D eigenvalue weighted by atomic mass is 127. The summed E-state index contributed by atoms with van der Waals surface area (Å²) in [5.41, 5.74) is 7.99. The summed E-state index contributed by atoms with van der Waals surface area (Å²) >= 11 is 2.24. The first-order valence-electron chi connectivity index (χ1n) is 7.03. The van der Waals surface area contributed by atoms with Crippen molar-refractivity contribution in [2.45, 2.75) is 45.4 Å². The molecule has 0 aliphatic heterocycles. The van der Waals surface area contributed by atoms with Crippen LogP contribution >= 0.6 is 22.6 Å². The van der Waals surface area contributed by atoms with Gasteiger partial charge in [0.15, 0.2) is 0 Å². The summed E-state index contributed by atoms with van der Waals surface area (Å²) in [6.07, 6.45) is 0. The molecular formula is C17H22IN3. The summed E-state index contributed by atoms with van der Waals surface area (Å²) in [5, 5.41) is 0. The van der Waals surface area contributed by atoms with Gasteiger partial charge in [-0.05, 0) is 42.0 Å². The number of benzene rings is 1. The molecule has 2 rings (SSSR count). The zero-order chi connectivity index (χ0) is 15.8. The van der Waals surface area contributed by atoms with Crippen LogP contribution in [0.5, 0.6) is 0 Å². The Morgan fingerprint density at radius 3 is 2.05 bits per heavy atom. The molecule has 0 atom stereocenters. The second kappa shape index (κ2) is 5.55. The standard InChI is InChI=1S/C17H22IN3/c1-16(2,3)13-12(18)14(19)21-15(20-13)17(4,5)11-9-7-6-8-10-11/h6-10H,1-5H3,(H2,19,20,21). The van der Waals surface area contributed by atoms with Crippen molar-refractivity contribution in [3.8, 4) is 0 Å². The molecule has 21 heavy (non-hydrogen) atoms. The van der Waals surface area contributed by atoms with Crippen LogP contribution in [0.1, 0.15) is 51.7 Å². The van der Waals surface area contributed by atoms with Gasteiger partial charge in [-0.25, -0.2) is 9.97 Å². The molecule has 0 bridgehead atoms. The molecule has 0 amide bonds. The first-order chi connectivity index (χ1) is 9.64. The van der Waals surface area contributed by atoms with Gasteiger partial charge in [0.2, 0.25) is 0 Å². The minimum atomic E-state index is -0.278. The van der Waals surface area contributed by atoms with Crippen molar-refractivity contribution in [1.82, 2.24) is 9.97 Å². The van der Waals surface area contributed by atoms with E-state index in [1.807, 2.05) is 18.2 Å². The van der Waals surface area contributed by atoms with Gasteiger partial charge >= 0.3 is 0 Å². The van der Waals surface area contributed by atoms with E-state index >= 15 is 0 Å². The molecule has 0 unspecified atom stereocenters. The third-order valence-electron chi connectivity index (χ3n) is 3.64. The molecule has 0 fully saturated rings. The van der Waals surface area contributed by atoms with Crippen LogP contribution in [0, 0.1) is 3.57 Å². The molecule has 1 aromatic heterocycles. The number of nitrogens with two attached hydrogens (primary N) is 1. The summed E-state index contributed by atoms with van der Waals surface area (Å²) in [6.45, 7) is 10.7. The zero-order valence-electron chi connectivity index (χ0n) is 13.2. The number of nitrogen functional groups attached to an aromatic ring is 1. The zero-order valence-corrected chi connectivity index (χ0v) is 15.4. The molecule has 1 heterocycles. The average molecular weight is 395 g/mol. The lowest BCUT2D eigenvalue weighted by Crippen LogP contribution is -2.27. The van der Waals surface area contributed by atoms with Crippen molar-refractivity contribution in [3.05, 3.63) is 51.0 Å². The lowest BCUT2D eigenvalue weighted by molar-refractivity contribution is 0.532. The first kappa shape index (κ1) is 16.2. The second-order valence-corrected chi connectivity index (χ2v) is 7.91. The SMILES string of the molecule is CC(C)(C)c1nc(C(C)(C)c2ccccc2)nc(N)c1I. The molecule has 0 saturated carbocycles. The highest BCUT2D eigenvalue weighted by Crippen LogP contribution is 2.34. The van der Waals surface area contributed by atoms with E-state index in [9.17, 15) is 0 Å². The van der Waals surface area contributed by atoms with Crippen molar-refractivity contribution in [1.29, 1.82) is 0 Å². The first-order valence-corrected chi connectivity index (χ1v) is 8.11. The Morgan fingerprint density at radius 1 is 0.952 bits per heavy atom. The number of anilines is 1. The average Bonchev–Trinajstić information content (AvgIpc) is 2.41. The summed E-state index contributed by atoms with van der Waals surface area (Å²) in [6, 6.07) is 10.3. The molecule has 2 aromatic rings. The lowest BCUT2D eigenvalue weighted by atomic mass is 9.83. The van der Waals surface area contributed by atoms with Gasteiger partial charge in [0, 0.05) is 10.8 Å². The molecule has 0 saturated heterocycles. The van der Waals surface area contributed by atoms with Gasteiger partial charge in [-0.3, -0.25) is 0 Å². The smallest absolute Gasteiger partial charge is 0.141 e. The van der Waals surface area contributed by atoms with Gasteiger partial charge in [0.25, 0.3) is 0 Å². The van der Waals surface area contributed by atoms with E-state index in [1.54, 1.807) is 0 Å². The fourth-order valence-corrected chi connectivity index (χ4v) is 3.28. The molecule has 0 spiro atoms. The van der Waals surface area contributed by atoms with Crippen LogP contribution in [0.3, 0.4) is 0 Å². The van der Waals surface area contributed by atoms with Gasteiger partial charge in [0.05, 0.1) is 9.26 Å². The van der Waals surface area contributed by atoms with Gasteiger partial charge in [0.1, 0.15) is 11.6 Å². The number of halogens is 1. The fraction of sp³-hybridized carbons (Fsp3) is 0.412.